The molecule has 1 aliphatic heterocycles. The van der Waals surface area contributed by atoms with E-state index in [1.54, 1.807) is 0 Å². The summed E-state index contributed by atoms with van der Waals surface area (Å²) in [7, 11) is 0. The summed E-state index contributed by atoms with van der Waals surface area (Å²) in [6.07, 6.45) is 4.31. The molecule has 0 radical (unpaired) electrons. The van der Waals surface area contributed by atoms with Crippen LogP contribution in [0.4, 0.5) is 0 Å². The summed E-state index contributed by atoms with van der Waals surface area (Å²) in [6, 6.07) is 4.43. The molecule has 1 aliphatic rings. The van der Waals surface area contributed by atoms with Crippen molar-refractivity contribution >= 4 is 17.2 Å². The summed E-state index contributed by atoms with van der Waals surface area (Å²) in [6.45, 7) is 3.13. The van der Waals surface area contributed by atoms with Crippen molar-refractivity contribution in [2.45, 2.75) is 25.8 Å². The lowest BCUT2D eigenvalue weighted by Crippen LogP contribution is -2.13. The molecule has 0 aliphatic carbocycles. The minimum Gasteiger partial charge on any atom is -0.309 e. The third kappa shape index (κ3) is 1.51. The highest BCUT2D eigenvalue weighted by atomic mass is 35.5. The van der Waals surface area contributed by atoms with Crippen LogP contribution in [0, 0.1) is 6.92 Å². The monoisotopic (exact) mass is 235 g/mol. The summed E-state index contributed by atoms with van der Waals surface area (Å²) in [5.41, 5.74) is 3.14. The zero-order valence-corrected chi connectivity index (χ0v) is 9.96. The number of nitrogens with one attached hydrogen (secondary N) is 1. The van der Waals surface area contributed by atoms with Crippen molar-refractivity contribution < 1.29 is 0 Å². The fraction of sp³-hybridized carbons (Fsp3) is 0.417. The van der Waals surface area contributed by atoms with Gasteiger partial charge in [-0.1, -0.05) is 11.6 Å². The van der Waals surface area contributed by atoms with Gasteiger partial charge in [-0.25, -0.2) is 4.98 Å². The summed E-state index contributed by atoms with van der Waals surface area (Å²) in [5.74, 6) is 0. The van der Waals surface area contributed by atoms with Crippen molar-refractivity contribution in [3.8, 4) is 0 Å². The maximum atomic E-state index is 6.35. The Morgan fingerprint density at radius 1 is 1.56 bits per heavy atom. The molecule has 0 bridgehead atoms. The molecule has 84 valence electrons. The van der Waals surface area contributed by atoms with Crippen molar-refractivity contribution in [3.05, 3.63) is 34.7 Å². The zero-order chi connectivity index (χ0) is 11.1. The fourth-order valence-corrected chi connectivity index (χ4v) is 2.59. The van der Waals surface area contributed by atoms with Crippen molar-refractivity contribution in [2.24, 2.45) is 0 Å². The van der Waals surface area contributed by atoms with Crippen LogP contribution in [0.1, 0.15) is 30.1 Å². The third-order valence-electron chi connectivity index (χ3n) is 3.14. The largest absolute Gasteiger partial charge is 0.309 e. The quantitative estimate of drug-likeness (QED) is 0.824. The Balaban J connectivity index is 2.14. The molecule has 3 rings (SSSR count). The first kappa shape index (κ1) is 10.1. The van der Waals surface area contributed by atoms with Gasteiger partial charge in [0.2, 0.25) is 0 Å². The Morgan fingerprint density at radius 3 is 3.19 bits per heavy atom. The Kier molecular flexibility index (Phi) is 2.37. The van der Waals surface area contributed by atoms with Crippen LogP contribution in [0.2, 0.25) is 5.15 Å². The molecule has 3 nitrogen and oxygen atoms in total. The topological polar surface area (TPSA) is 29.3 Å². The molecule has 2 aromatic heterocycles. The van der Waals surface area contributed by atoms with E-state index >= 15 is 0 Å². The van der Waals surface area contributed by atoms with Crippen LogP contribution in [0.5, 0.6) is 0 Å². The second kappa shape index (κ2) is 3.75. The number of nitrogens with zero attached hydrogens (tertiary/aromatic N) is 2. The number of aromatic nitrogens is 2. The number of rotatable bonds is 1. The normalized spacial score (nSPS) is 20.8. The van der Waals surface area contributed by atoms with Gasteiger partial charge in [-0.2, -0.15) is 0 Å². The van der Waals surface area contributed by atoms with Crippen LogP contribution >= 0.6 is 11.6 Å². The number of pyridine rings is 1. The predicted molar refractivity (Wildman–Crippen MR) is 64.9 cm³/mol. The van der Waals surface area contributed by atoms with Gasteiger partial charge in [0.15, 0.2) is 0 Å². The van der Waals surface area contributed by atoms with E-state index in [4.69, 9.17) is 11.6 Å². The number of fused-ring (bicyclic) bond motifs is 1. The van der Waals surface area contributed by atoms with Crippen LogP contribution in [-0.2, 0) is 0 Å². The molecule has 4 heteroatoms. The van der Waals surface area contributed by atoms with E-state index in [9.17, 15) is 0 Å². The Hall–Kier alpha value is -1.06. The molecule has 3 heterocycles. The number of hydrogen-bond donors (Lipinski definition) is 1. The first-order chi connectivity index (χ1) is 7.75. The van der Waals surface area contributed by atoms with Crippen molar-refractivity contribution in [1.29, 1.82) is 0 Å². The number of imidazole rings is 1. The van der Waals surface area contributed by atoms with Gasteiger partial charge in [-0.15, -0.1) is 0 Å². The fourth-order valence-electron chi connectivity index (χ4n) is 2.27. The molecule has 1 atom stereocenters. The Morgan fingerprint density at radius 2 is 2.44 bits per heavy atom. The van der Waals surface area contributed by atoms with E-state index in [0.717, 1.165) is 29.5 Å². The molecule has 0 saturated carbocycles. The molecule has 0 spiro atoms. The minimum atomic E-state index is 0.327. The van der Waals surface area contributed by atoms with Gasteiger partial charge in [0.1, 0.15) is 10.8 Å². The number of aryl methyl sites for hydroxylation is 1. The van der Waals surface area contributed by atoms with Crippen LogP contribution in [0.15, 0.2) is 18.3 Å². The zero-order valence-electron chi connectivity index (χ0n) is 9.20. The number of hydrogen-bond acceptors (Lipinski definition) is 2. The first-order valence-electron chi connectivity index (χ1n) is 5.63. The van der Waals surface area contributed by atoms with E-state index in [1.807, 2.05) is 16.7 Å². The number of halogens is 1. The first-order valence-corrected chi connectivity index (χ1v) is 6.01. The lowest BCUT2D eigenvalue weighted by Gasteiger charge is -2.06. The van der Waals surface area contributed by atoms with Crippen LogP contribution in [0.25, 0.3) is 5.65 Å². The Labute approximate surface area is 99.4 Å². The van der Waals surface area contributed by atoms with E-state index < -0.39 is 0 Å². The van der Waals surface area contributed by atoms with Gasteiger partial charge >= 0.3 is 0 Å². The molecule has 2 aromatic rings. The molecule has 1 unspecified atom stereocenters. The van der Waals surface area contributed by atoms with Crippen molar-refractivity contribution in [3.63, 3.8) is 0 Å². The van der Waals surface area contributed by atoms with E-state index in [1.165, 1.54) is 12.0 Å². The SMILES string of the molecule is Cc1ccn2c(Cl)c(C3CCCN3)nc2c1. The molecule has 1 fully saturated rings. The van der Waals surface area contributed by atoms with Crippen LogP contribution in [0.3, 0.4) is 0 Å². The summed E-state index contributed by atoms with van der Waals surface area (Å²) in [4.78, 5) is 4.62. The summed E-state index contributed by atoms with van der Waals surface area (Å²) < 4.78 is 1.95. The predicted octanol–water partition coefficient (Wildman–Crippen LogP) is 2.72. The van der Waals surface area contributed by atoms with Crippen LogP contribution in [-0.4, -0.2) is 15.9 Å². The van der Waals surface area contributed by atoms with Gasteiger partial charge in [0.05, 0.1) is 11.7 Å². The molecule has 0 amide bonds. The van der Waals surface area contributed by atoms with Gasteiger partial charge in [0.25, 0.3) is 0 Å². The third-order valence-corrected chi connectivity index (χ3v) is 3.51. The highest BCUT2D eigenvalue weighted by molar-refractivity contribution is 6.30. The van der Waals surface area contributed by atoms with E-state index in [2.05, 4.69) is 23.3 Å². The second-order valence-corrected chi connectivity index (χ2v) is 4.73. The van der Waals surface area contributed by atoms with Crippen molar-refractivity contribution in [1.82, 2.24) is 14.7 Å². The standard InChI is InChI=1S/C12H14ClN3/c1-8-4-6-16-10(7-8)15-11(12(16)13)9-3-2-5-14-9/h4,6-7,9,14H,2-3,5H2,1H3. The minimum absolute atomic E-state index is 0.327. The van der Waals surface area contributed by atoms with Gasteiger partial charge in [0, 0.05) is 6.20 Å². The van der Waals surface area contributed by atoms with Crippen LogP contribution < -0.4 is 5.32 Å². The maximum Gasteiger partial charge on any atom is 0.138 e. The summed E-state index contributed by atoms with van der Waals surface area (Å²) >= 11 is 6.35. The summed E-state index contributed by atoms with van der Waals surface area (Å²) in [5, 5.41) is 4.17. The van der Waals surface area contributed by atoms with Gasteiger partial charge in [-0.3, -0.25) is 4.40 Å². The average Bonchev–Trinajstić information content (AvgIpc) is 2.86. The maximum absolute atomic E-state index is 6.35. The lowest BCUT2D eigenvalue weighted by molar-refractivity contribution is 0.632. The van der Waals surface area contributed by atoms with Gasteiger partial charge < -0.3 is 5.32 Å². The molecule has 1 saturated heterocycles. The molecule has 16 heavy (non-hydrogen) atoms. The molecule has 0 aromatic carbocycles. The second-order valence-electron chi connectivity index (χ2n) is 4.37. The molecule has 1 N–H and O–H groups in total. The molecular weight excluding hydrogens is 222 g/mol. The smallest absolute Gasteiger partial charge is 0.138 e. The van der Waals surface area contributed by atoms with Gasteiger partial charge in [-0.05, 0) is 44.0 Å². The average molecular weight is 236 g/mol. The lowest BCUT2D eigenvalue weighted by atomic mass is 10.2. The van der Waals surface area contributed by atoms with Crippen molar-refractivity contribution in [2.75, 3.05) is 6.54 Å². The molecular formula is C12H14ClN3. The highest BCUT2D eigenvalue weighted by Gasteiger charge is 2.22. The van der Waals surface area contributed by atoms with E-state index in [0.29, 0.717) is 6.04 Å². The Bertz CT molecular complexity index is 526. The highest BCUT2D eigenvalue weighted by Crippen LogP contribution is 2.29. The van der Waals surface area contributed by atoms with E-state index in [-0.39, 0.29) is 0 Å².